The van der Waals surface area contributed by atoms with Crippen molar-refractivity contribution in [1.82, 2.24) is 14.5 Å². The zero-order valence-electron chi connectivity index (χ0n) is 19.7. The van der Waals surface area contributed by atoms with E-state index in [1.165, 1.54) is 23.9 Å². The van der Waals surface area contributed by atoms with Gasteiger partial charge in [0.15, 0.2) is 11.3 Å². The van der Waals surface area contributed by atoms with Gasteiger partial charge in [-0.3, -0.25) is 24.3 Å². The first-order chi connectivity index (χ1) is 17.7. The normalized spacial score (nSPS) is 11.2. The van der Waals surface area contributed by atoms with Crippen LogP contribution in [0.3, 0.4) is 0 Å². The number of aliphatic hydroxyl groups excluding tert-OH is 1. The summed E-state index contributed by atoms with van der Waals surface area (Å²) in [6.45, 7) is -0.00730. The van der Waals surface area contributed by atoms with Crippen LogP contribution < -0.4 is 15.0 Å². The fourth-order valence-corrected chi connectivity index (χ4v) is 3.20. The van der Waals surface area contributed by atoms with E-state index in [0.717, 1.165) is 24.1 Å². The zero-order chi connectivity index (χ0) is 27.1. The maximum Gasteiger partial charge on any atom is 0.315 e. The number of aliphatic hydroxyl groups is 1. The molecule has 0 aliphatic carbocycles. The van der Waals surface area contributed by atoms with Gasteiger partial charge in [0.2, 0.25) is 5.75 Å². The molecule has 2 N–H and O–H groups in total. The smallest absolute Gasteiger partial charge is 0.315 e. The second kappa shape index (κ2) is 11.4. The molecule has 13 nitrogen and oxygen atoms in total. The SMILES string of the molecule is COc1cc(/C(O)=C(\C#N)C(=O)N(C)CCOc2ccnc(-n3ccccc3=O)c2)cc([N+](=O)[O-])c1O. The van der Waals surface area contributed by atoms with E-state index in [1.54, 1.807) is 36.5 Å². The number of phenolic OH excluding ortho intramolecular Hbond substituents is 1. The number of nitro groups is 1. The van der Waals surface area contributed by atoms with Gasteiger partial charge in [-0.1, -0.05) is 6.07 Å². The van der Waals surface area contributed by atoms with Crippen molar-refractivity contribution in [1.29, 1.82) is 5.26 Å². The van der Waals surface area contributed by atoms with E-state index in [1.807, 2.05) is 0 Å². The third-order valence-electron chi connectivity index (χ3n) is 5.14. The summed E-state index contributed by atoms with van der Waals surface area (Å²) < 4.78 is 11.9. The lowest BCUT2D eigenvalue weighted by molar-refractivity contribution is -0.386. The number of nitriles is 1. The van der Waals surface area contributed by atoms with Crippen molar-refractivity contribution < 1.29 is 29.4 Å². The van der Waals surface area contributed by atoms with Gasteiger partial charge in [-0.2, -0.15) is 5.26 Å². The first-order valence-corrected chi connectivity index (χ1v) is 10.6. The zero-order valence-corrected chi connectivity index (χ0v) is 19.7. The third kappa shape index (κ3) is 5.82. The molecule has 13 heteroatoms. The minimum atomic E-state index is -0.898. The molecular formula is C24H21N5O8. The molecule has 0 aliphatic heterocycles. The molecular weight excluding hydrogens is 486 g/mol. The summed E-state index contributed by atoms with van der Waals surface area (Å²) >= 11 is 0. The molecule has 0 aliphatic rings. The van der Waals surface area contributed by atoms with E-state index >= 15 is 0 Å². The van der Waals surface area contributed by atoms with Crippen molar-refractivity contribution in [3.8, 4) is 29.1 Å². The first kappa shape index (κ1) is 26.2. The standard InChI is InChI=1S/C24H21N5O8/c1-27(9-10-37-16-6-7-26-20(13-16)28-8-4-3-5-21(28)30)24(33)17(14-25)22(31)15-11-18(29(34)35)23(32)19(12-15)36-2/h3-8,11-13,31-32H,9-10H2,1-2H3/b22-17-. The molecule has 0 saturated heterocycles. The lowest BCUT2D eigenvalue weighted by Crippen LogP contribution is -2.32. The highest BCUT2D eigenvalue weighted by atomic mass is 16.6. The average molecular weight is 507 g/mol. The molecule has 0 saturated carbocycles. The largest absolute Gasteiger partial charge is 0.506 e. The Labute approximate surface area is 209 Å². The highest BCUT2D eigenvalue weighted by molar-refractivity contribution is 6.03. The lowest BCUT2D eigenvalue weighted by Gasteiger charge is -2.18. The number of benzene rings is 1. The van der Waals surface area contributed by atoms with E-state index in [2.05, 4.69) is 4.98 Å². The molecule has 2 heterocycles. The Morgan fingerprint density at radius 1 is 1.30 bits per heavy atom. The summed E-state index contributed by atoms with van der Waals surface area (Å²) in [5.74, 6) is -2.07. The van der Waals surface area contributed by atoms with Crippen LogP contribution in [0.15, 0.2) is 65.2 Å². The number of carbonyl (C=O) groups excluding carboxylic acids is 1. The number of phenols is 1. The van der Waals surface area contributed by atoms with Crippen molar-refractivity contribution in [2.45, 2.75) is 0 Å². The van der Waals surface area contributed by atoms with Crippen molar-refractivity contribution in [3.05, 3.63) is 86.5 Å². The van der Waals surface area contributed by atoms with Gasteiger partial charge >= 0.3 is 5.69 Å². The Balaban J connectivity index is 1.75. The Kier molecular flexibility index (Phi) is 8.06. The number of pyridine rings is 2. The molecule has 37 heavy (non-hydrogen) atoms. The van der Waals surface area contributed by atoms with Crippen molar-refractivity contribution in [2.24, 2.45) is 0 Å². The number of nitrogens with zero attached hydrogens (tertiary/aromatic N) is 5. The summed E-state index contributed by atoms with van der Waals surface area (Å²) in [4.78, 5) is 40.4. The molecule has 0 radical (unpaired) electrons. The second-order valence-electron chi connectivity index (χ2n) is 7.47. The number of hydrogen-bond donors (Lipinski definition) is 2. The van der Waals surface area contributed by atoms with E-state index in [4.69, 9.17) is 9.47 Å². The Morgan fingerprint density at radius 2 is 2.05 bits per heavy atom. The molecule has 1 amide bonds. The first-order valence-electron chi connectivity index (χ1n) is 10.6. The molecule has 3 aromatic rings. The van der Waals surface area contributed by atoms with Crippen molar-refractivity contribution in [3.63, 3.8) is 0 Å². The van der Waals surface area contributed by atoms with E-state index in [0.29, 0.717) is 11.6 Å². The summed E-state index contributed by atoms with van der Waals surface area (Å²) in [7, 11) is 2.52. The highest BCUT2D eigenvalue weighted by Gasteiger charge is 2.25. The number of carbonyl (C=O) groups is 1. The number of ether oxygens (including phenoxy) is 2. The van der Waals surface area contributed by atoms with E-state index in [9.17, 15) is 35.2 Å². The summed E-state index contributed by atoms with van der Waals surface area (Å²) in [5.41, 5.74) is -2.00. The number of aromatic hydroxyl groups is 1. The van der Waals surface area contributed by atoms with Crippen LogP contribution in [0.25, 0.3) is 11.6 Å². The van der Waals surface area contributed by atoms with Crippen LogP contribution in [0.5, 0.6) is 17.2 Å². The molecule has 2 aromatic heterocycles. The minimum Gasteiger partial charge on any atom is -0.506 e. The van der Waals surface area contributed by atoms with Gasteiger partial charge in [-0.15, -0.1) is 0 Å². The van der Waals surface area contributed by atoms with Gasteiger partial charge in [0.25, 0.3) is 11.5 Å². The molecule has 3 rings (SSSR count). The average Bonchev–Trinajstić information content (AvgIpc) is 2.89. The number of likely N-dealkylation sites (N-methyl/N-ethyl adjacent to an activating group) is 1. The van der Waals surface area contributed by atoms with Crippen molar-refractivity contribution in [2.75, 3.05) is 27.3 Å². The second-order valence-corrected chi connectivity index (χ2v) is 7.47. The molecule has 0 bridgehead atoms. The van der Waals surface area contributed by atoms with Gasteiger partial charge in [0, 0.05) is 43.2 Å². The lowest BCUT2D eigenvalue weighted by atomic mass is 10.1. The van der Waals surface area contributed by atoms with Crippen molar-refractivity contribution >= 4 is 17.4 Å². The topological polar surface area (TPSA) is 181 Å². The summed E-state index contributed by atoms with van der Waals surface area (Å²) in [6, 6.07) is 11.3. The summed E-state index contributed by atoms with van der Waals surface area (Å²) in [5, 5.41) is 41.2. The molecule has 1 aromatic carbocycles. The maximum atomic E-state index is 12.8. The predicted octanol–water partition coefficient (Wildman–Crippen LogP) is 2.18. The maximum absolute atomic E-state index is 12.8. The number of methoxy groups -OCH3 is 1. The van der Waals surface area contributed by atoms with Gasteiger partial charge in [-0.25, -0.2) is 4.98 Å². The van der Waals surface area contributed by atoms with Crippen LogP contribution in [-0.4, -0.2) is 62.8 Å². The Morgan fingerprint density at radius 3 is 2.70 bits per heavy atom. The quantitative estimate of drug-likeness (QED) is 0.143. The van der Waals surface area contributed by atoms with Crippen LogP contribution in [0.4, 0.5) is 5.69 Å². The summed E-state index contributed by atoms with van der Waals surface area (Å²) in [6.07, 6.45) is 3.01. The van der Waals surface area contributed by atoms with E-state index < -0.39 is 33.6 Å². The fourth-order valence-electron chi connectivity index (χ4n) is 3.20. The minimum absolute atomic E-state index is 0.000713. The fraction of sp³-hybridized carbons (Fsp3) is 0.167. The van der Waals surface area contributed by atoms with Gasteiger partial charge in [0.05, 0.1) is 18.6 Å². The molecule has 0 fully saturated rings. The Hall–Kier alpha value is -5.38. The molecule has 0 spiro atoms. The van der Waals surface area contributed by atoms with Crippen LogP contribution in [-0.2, 0) is 4.79 Å². The van der Waals surface area contributed by atoms with E-state index in [-0.39, 0.29) is 30.0 Å². The highest BCUT2D eigenvalue weighted by Crippen LogP contribution is 2.38. The number of rotatable bonds is 9. The Bertz CT molecular complexity index is 1470. The van der Waals surface area contributed by atoms with Crippen LogP contribution in [0, 0.1) is 21.4 Å². The molecule has 0 atom stereocenters. The third-order valence-corrected chi connectivity index (χ3v) is 5.14. The van der Waals surface area contributed by atoms with Gasteiger partial charge in [-0.05, 0) is 18.2 Å². The van der Waals surface area contributed by atoms with Crippen LogP contribution in [0.1, 0.15) is 5.56 Å². The predicted molar refractivity (Wildman–Crippen MR) is 129 cm³/mol. The van der Waals surface area contributed by atoms with Gasteiger partial charge < -0.3 is 24.6 Å². The molecule has 190 valence electrons. The number of nitro benzene ring substituents is 1. The van der Waals surface area contributed by atoms with Gasteiger partial charge in [0.1, 0.15) is 30.0 Å². The monoisotopic (exact) mass is 507 g/mol. The number of aromatic nitrogens is 2. The van der Waals surface area contributed by atoms with Crippen LogP contribution in [0.2, 0.25) is 0 Å². The number of hydrogen-bond acceptors (Lipinski definition) is 10. The van der Waals surface area contributed by atoms with Crippen LogP contribution >= 0.6 is 0 Å². The number of amides is 1. The molecule has 0 unspecified atom stereocenters.